The van der Waals surface area contributed by atoms with E-state index < -0.39 is 0 Å². The van der Waals surface area contributed by atoms with E-state index in [1.54, 1.807) is 11.3 Å². The summed E-state index contributed by atoms with van der Waals surface area (Å²) in [6.07, 6.45) is 2.91. The predicted octanol–water partition coefficient (Wildman–Crippen LogP) is 3.91. The minimum absolute atomic E-state index is 0.0958. The van der Waals surface area contributed by atoms with Gasteiger partial charge in [-0.1, -0.05) is 0 Å². The SMILES string of the molecule is CCOC(=O)CC(c1cc(Br)c(C)s1)N1CCCC1. The van der Waals surface area contributed by atoms with Crippen LogP contribution in [0.5, 0.6) is 0 Å². The molecule has 0 aromatic carbocycles. The Morgan fingerprint density at radius 3 is 2.74 bits per heavy atom. The first kappa shape index (κ1) is 15.0. The van der Waals surface area contributed by atoms with Crippen molar-refractivity contribution in [2.45, 2.75) is 39.2 Å². The molecule has 3 nitrogen and oxygen atoms in total. The molecule has 1 aromatic heterocycles. The van der Waals surface area contributed by atoms with Gasteiger partial charge in [0.1, 0.15) is 0 Å². The Hall–Kier alpha value is -0.390. The van der Waals surface area contributed by atoms with Crippen LogP contribution >= 0.6 is 27.3 Å². The van der Waals surface area contributed by atoms with E-state index >= 15 is 0 Å². The second-order valence-corrected chi connectivity index (χ2v) is 6.96. The molecule has 0 spiro atoms. The molecule has 2 heterocycles. The maximum absolute atomic E-state index is 11.8. The average molecular weight is 346 g/mol. The summed E-state index contributed by atoms with van der Waals surface area (Å²) in [5.74, 6) is -0.0958. The van der Waals surface area contributed by atoms with Crippen LogP contribution in [0, 0.1) is 6.92 Å². The van der Waals surface area contributed by atoms with Crippen LogP contribution < -0.4 is 0 Å². The molecule has 1 saturated heterocycles. The molecule has 1 aliphatic heterocycles. The number of ether oxygens (including phenoxy) is 1. The second-order valence-electron chi connectivity index (χ2n) is 4.82. The largest absolute Gasteiger partial charge is 0.466 e. The van der Waals surface area contributed by atoms with Gasteiger partial charge in [0.25, 0.3) is 0 Å². The van der Waals surface area contributed by atoms with E-state index in [0.29, 0.717) is 13.0 Å². The van der Waals surface area contributed by atoms with E-state index in [-0.39, 0.29) is 12.0 Å². The average Bonchev–Trinajstić information content (AvgIpc) is 2.98. The van der Waals surface area contributed by atoms with Gasteiger partial charge in [0.05, 0.1) is 19.1 Å². The molecule has 0 bridgehead atoms. The highest BCUT2D eigenvalue weighted by molar-refractivity contribution is 9.10. The van der Waals surface area contributed by atoms with Crippen molar-refractivity contribution < 1.29 is 9.53 Å². The van der Waals surface area contributed by atoms with Gasteiger partial charge in [0, 0.05) is 14.2 Å². The number of esters is 1. The zero-order chi connectivity index (χ0) is 13.8. The summed E-state index contributed by atoms with van der Waals surface area (Å²) in [6, 6.07) is 2.33. The number of hydrogen-bond donors (Lipinski definition) is 0. The number of carbonyl (C=O) groups excluding carboxylic acids is 1. The van der Waals surface area contributed by atoms with Crippen molar-refractivity contribution in [1.29, 1.82) is 0 Å². The summed E-state index contributed by atoms with van der Waals surface area (Å²) in [4.78, 5) is 16.8. The summed E-state index contributed by atoms with van der Waals surface area (Å²) < 4.78 is 6.26. The molecule has 19 heavy (non-hydrogen) atoms. The topological polar surface area (TPSA) is 29.5 Å². The van der Waals surface area contributed by atoms with Gasteiger partial charge in [0.2, 0.25) is 0 Å². The number of likely N-dealkylation sites (tertiary alicyclic amines) is 1. The fourth-order valence-electron chi connectivity index (χ4n) is 2.49. The van der Waals surface area contributed by atoms with Crippen molar-refractivity contribution >= 4 is 33.2 Å². The van der Waals surface area contributed by atoms with Crippen molar-refractivity contribution in [3.63, 3.8) is 0 Å². The third-order valence-corrected chi connectivity index (χ3v) is 5.69. The Morgan fingerprint density at radius 1 is 1.53 bits per heavy atom. The lowest BCUT2D eigenvalue weighted by Gasteiger charge is -2.25. The van der Waals surface area contributed by atoms with Crippen molar-refractivity contribution in [1.82, 2.24) is 4.90 Å². The third-order valence-electron chi connectivity index (χ3n) is 3.45. The number of halogens is 1. The Morgan fingerprint density at radius 2 is 2.21 bits per heavy atom. The Balaban J connectivity index is 2.15. The molecule has 1 aliphatic rings. The molecule has 0 amide bonds. The van der Waals surface area contributed by atoms with Gasteiger partial charge in [-0.25, -0.2) is 0 Å². The standard InChI is InChI=1S/C14H20BrNO2S/c1-3-18-14(17)9-12(16-6-4-5-7-16)13-8-11(15)10(2)19-13/h8,12H,3-7,9H2,1-2H3. The Kier molecular flexibility index (Phi) is 5.42. The van der Waals surface area contributed by atoms with Crippen molar-refractivity contribution in [2.24, 2.45) is 0 Å². The van der Waals surface area contributed by atoms with E-state index in [1.807, 2.05) is 6.92 Å². The van der Waals surface area contributed by atoms with Gasteiger partial charge in [0.15, 0.2) is 0 Å². The van der Waals surface area contributed by atoms with Gasteiger partial charge in [-0.15, -0.1) is 11.3 Å². The molecule has 0 saturated carbocycles. The predicted molar refractivity (Wildman–Crippen MR) is 81.6 cm³/mol. The van der Waals surface area contributed by atoms with Gasteiger partial charge in [-0.2, -0.15) is 0 Å². The maximum atomic E-state index is 11.8. The van der Waals surface area contributed by atoms with Crippen LogP contribution in [0.25, 0.3) is 0 Å². The van der Waals surface area contributed by atoms with Crippen molar-refractivity contribution in [3.8, 4) is 0 Å². The zero-order valence-electron chi connectivity index (χ0n) is 11.4. The molecule has 1 unspecified atom stereocenters. The number of hydrogen-bond acceptors (Lipinski definition) is 4. The van der Waals surface area contributed by atoms with E-state index in [1.165, 1.54) is 22.6 Å². The van der Waals surface area contributed by atoms with Crippen LogP contribution in [0.4, 0.5) is 0 Å². The number of aryl methyl sites for hydroxylation is 1. The molecule has 5 heteroatoms. The highest BCUT2D eigenvalue weighted by atomic mass is 79.9. The smallest absolute Gasteiger partial charge is 0.307 e. The fourth-order valence-corrected chi connectivity index (χ4v) is 4.18. The minimum Gasteiger partial charge on any atom is -0.466 e. The molecule has 1 aromatic rings. The molecule has 1 atom stereocenters. The van der Waals surface area contributed by atoms with E-state index in [2.05, 4.69) is 33.8 Å². The van der Waals surface area contributed by atoms with Crippen LogP contribution in [0.2, 0.25) is 0 Å². The van der Waals surface area contributed by atoms with E-state index in [9.17, 15) is 4.79 Å². The molecule has 0 N–H and O–H groups in total. The molecule has 0 radical (unpaired) electrons. The molecular weight excluding hydrogens is 326 g/mol. The Labute approximate surface area is 127 Å². The van der Waals surface area contributed by atoms with Crippen LogP contribution in [-0.2, 0) is 9.53 Å². The van der Waals surface area contributed by atoms with Gasteiger partial charge < -0.3 is 4.74 Å². The van der Waals surface area contributed by atoms with Gasteiger partial charge in [-0.05, 0) is 61.8 Å². The number of nitrogens with zero attached hydrogens (tertiary/aromatic N) is 1. The summed E-state index contributed by atoms with van der Waals surface area (Å²) in [6.45, 7) is 6.58. The normalized spacial score (nSPS) is 17.6. The van der Waals surface area contributed by atoms with Crippen molar-refractivity contribution in [2.75, 3.05) is 19.7 Å². The summed E-state index contributed by atoms with van der Waals surface area (Å²) in [7, 11) is 0. The Bertz CT molecular complexity index is 421. The number of rotatable bonds is 5. The lowest BCUT2D eigenvalue weighted by atomic mass is 10.1. The van der Waals surface area contributed by atoms with Gasteiger partial charge >= 0.3 is 5.97 Å². The molecule has 106 valence electrons. The molecule has 1 fully saturated rings. The minimum atomic E-state index is -0.0958. The van der Waals surface area contributed by atoms with E-state index in [4.69, 9.17) is 4.74 Å². The first-order chi connectivity index (χ1) is 9.11. The lowest BCUT2D eigenvalue weighted by molar-refractivity contribution is -0.144. The van der Waals surface area contributed by atoms with Gasteiger partial charge in [-0.3, -0.25) is 9.69 Å². The van der Waals surface area contributed by atoms with Crippen molar-refractivity contribution in [3.05, 3.63) is 20.3 Å². The first-order valence-electron chi connectivity index (χ1n) is 6.77. The fraction of sp³-hybridized carbons (Fsp3) is 0.643. The monoisotopic (exact) mass is 345 g/mol. The highest BCUT2D eigenvalue weighted by Crippen LogP contribution is 2.36. The summed E-state index contributed by atoms with van der Waals surface area (Å²) in [5.41, 5.74) is 0. The van der Waals surface area contributed by atoms with Crippen LogP contribution in [0.1, 0.15) is 42.0 Å². The molecular formula is C14H20BrNO2S. The zero-order valence-corrected chi connectivity index (χ0v) is 13.8. The maximum Gasteiger partial charge on any atom is 0.307 e. The summed E-state index contributed by atoms with van der Waals surface area (Å²) in [5, 5.41) is 0. The van der Waals surface area contributed by atoms with Crippen LogP contribution in [0.15, 0.2) is 10.5 Å². The third kappa shape index (κ3) is 3.80. The quantitative estimate of drug-likeness (QED) is 0.757. The lowest BCUT2D eigenvalue weighted by Crippen LogP contribution is -2.27. The molecule has 2 rings (SSSR count). The summed E-state index contributed by atoms with van der Waals surface area (Å²) >= 11 is 5.34. The van der Waals surface area contributed by atoms with E-state index in [0.717, 1.165) is 17.6 Å². The molecule has 0 aliphatic carbocycles. The highest BCUT2D eigenvalue weighted by Gasteiger charge is 2.27. The number of thiophene rings is 1. The van der Waals surface area contributed by atoms with Crippen LogP contribution in [-0.4, -0.2) is 30.6 Å². The second kappa shape index (κ2) is 6.86. The first-order valence-corrected chi connectivity index (χ1v) is 8.38. The number of carbonyl (C=O) groups is 1. The van der Waals surface area contributed by atoms with Crippen LogP contribution in [0.3, 0.4) is 0 Å².